The largest absolute Gasteiger partial charge is 0.449 e. The van der Waals surface area contributed by atoms with E-state index >= 15 is 0 Å². The van der Waals surface area contributed by atoms with Crippen LogP contribution in [0.2, 0.25) is 0 Å². The molecule has 1 amide bonds. The van der Waals surface area contributed by atoms with Gasteiger partial charge in [0.1, 0.15) is 23.0 Å². The number of carbonyl (C=O) groups excluding carboxylic acids is 2. The third-order valence-electron chi connectivity index (χ3n) is 4.49. The average molecular weight is 391 g/mol. The molecule has 0 aliphatic rings. The predicted molar refractivity (Wildman–Crippen MR) is 105 cm³/mol. The highest BCUT2D eigenvalue weighted by Crippen LogP contribution is 2.26. The van der Waals surface area contributed by atoms with Crippen LogP contribution in [0, 0.1) is 18.3 Å². The van der Waals surface area contributed by atoms with Crippen molar-refractivity contribution in [3.63, 3.8) is 0 Å². The van der Waals surface area contributed by atoms with Gasteiger partial charge in [0, 0.05) is 26.0 Å². The first kappa shape index (κ1) is 20.0. The van der Waals surface area contributed by atoms with E-state index in [1.54, 1.807) is 43.1 Å². The number of rotatable bonds is 6. The molecule has 3 rings (SSSR count). The van der Waals surface area contributed by atoms with Crippen molar-refractivity contribution in [2.45, 2.75) is 26.5 Å². The second-order valence-corrected chi connectivity index (χ2v) is 6.64. The summed E-state index contributed by atoms with van der Waals surface area (Å²) in [5, 5.41) is 9.55. The second kappa shape index (κ2) is 8.48. The summed E-state index contributed by atoms with van der Waals surface area (Å²) < 4.78 is 12.6. The lowest BCUT2D eigenvalue weighted by atomic mass is 10.1. The molecule has 0 saturated carbocycles. The number of hydrogen-bond donors (Lipinski definition) is 0. The van der Waals surface area contributed by atoms with E-state index in [0.29, 0.717) is 6.54 Å². The minimum absolute atomic E-state index is 0.0292. The molecule has 1 unspecified atom stereocenters. The highest BCUT2D eigenvalue weighted by Gasteiger charge is 2.29. The molecule has 0 aliphatic heterocycles. The molecule has 0 fully saturated rings. The zero-order chi connectivity index (χ0) is 21.0. The number of esters is 1. The lowest BCUT2D eigenvalue weighted by Crippen LogP contribution is -2.37. The average Bonchev–Trinajstić information content (AvgIpc) is 3.35. The van der Waals surface area contributed by atoms with Gasteiger partial charge in [-0.1, -0.05) is 30.3 Å². The Balaban J connectivity index is 1.74. The maximum absolute atomic E-state index is 12.7. The molecule has 148 valence electrons. The SMILES string of the molecule is Cc1oc(-n2cccc2)c(C#N)c1C(=O)OC(C)C(=O)N(C)Cc1ccccc1. The van der Waals surface area contributed by atoms with Crippen LogP contribution in [0.4, 0.5) is 0 Å². The summed E-state index contributed by atoms with van der Waals surface area (Å²) in [4.78, 5) is 26.8. The molecule has 29 heavy (non-hydrogen) atoms. The van der Waals surface area contributed by atoms with Gasteiger partial charge in [0.2, 0.25) is 5.88 Å². The quantitative estimate of drug-likeness (QED) is 0.601. The second-order valence-electron chi connectivity index (χ2n) is 6.64. The van der Waals surface area contributed by atoms with Crippen molar-refractivity contribution in [3.8, 4) is 12.0 Å². The van der Waals surface area contributed by atoms with Gasteiger partial charge >= 0.3 is 5.97 Å². The van der Waals surface area contributed by atoms with Gasteiger partial charge < -0.3 is 14.1 Å². The number of likely N-dealkylation sites (N-methyl/N-ethyl adjacent to an activating group) is 1. The molecule has 2 heterocycles. The number of aryl methyl sites for hydroxylation is 1. The first-order valence-corrected chi connectivity index (χ1v) is 9.09. The number of benzene rings is 1. The third kappa shape index (κ3) is 4.22. The number of carbonyl (C=O) groups is 2. The van der Waals surface area contributed by atoms with Crippen LogP contribution in [-0.4, -0.2) is 34.5 Å². The Kier molecular flexibility index (Phi) is 5.84. The molecular formula is C22H21N3O4. The fraction of sp³-hybridized carbons (Fsp3) is 0.227. The van der Waals surface area contributed by atoms with Crippen LogP contribution in [0.25, 0.3) is 5.88 Å². The number of nitrogens with zero attached hydrogens (tertiary/aromatic N) is 3. The van der Waals surface area contributed by atoms with E-state index in [-0.39, 0.29) is 28.7 Å². The van der Waals surface area contributed by atoms with Crippen molar-refractivity contribution in [2.75, 3.05) is 7.05 Å². The van der Waals surface area contributed by atoms with Crippen molar-refractivity contribution < 1.29 is 18.7 Å². The number of ether oxygens (including phenoxy) is 1. The Morgan fingerprint density at radius 2 is 1.86 bits per heavy atom. The summed E-state index contributed by atoms with van der Waals surface area (Å²) in [6, 6.07) is 15.1. The summed E-state index contributed by atoms with van der Waals surface area (Å²) in [5.74, 6) is -0.614. The van der Waals surface area contributed by atoms with E-state index in [4.69, 9.17) is 9.15 Å². The summed E-state index contributed by atoms with van der Waals surface area (Å²) in [7, 11) is 1.65. The summed E-state index contributed by atoms with van der Waals surface area (Å²) in [5.41, 5.74) is 1.07. The zero-order valence-electron chi connectivity index (χ0n) is 16.5. The third-order valence-corrected chi connectivity index (χ3v) is 4.49. The normalized spacial score (nSPS) is 11.5. The first-order chi connectivity index (χ1) is 13.9. The minimum atomic E-state index is -1.01. The van der Waals surface area contributed by atoms with E-state index < -0.39 is 12.1 Å². The van der Waals surface area contributed by atoms with Crippen LogP contribution in [-0.2, 0) is 16.1 Å². The topological polar surface area (TPSA) is 88.5 Å². The highest BCUT2D eigenvalue weighted by atomic mass is 16.5. The smallest absolute Gasteiger partial charge is 0.343 e. The van der Waals surface area contributed by atoms with Crippen molar-refractivity contribution in [3.05, 3.63) is 77.3 Å². The van der Waals surface area contributed by atoms with Crippen molar-refractivity contribution in [2.24, 2.45) is 0 Å². The summed E-state index contributed by atoms with van der Waals surface area (Å²) in [6.07, 6.45) is 2.41. The fourth-order valence-corrected chi connectivity index (χ4v) is 3.05. The Bertz CT molecular complexity index is 1050. The molecule has 0 N–H and O–H groups in total. The van der Waals surface area contributed by atoms with Crippen LogP contribution in [0.15, 0.2) is 59.3 Å². The molecular weight excluding hydrogens is 370 g/mol. The van der Waals surface area contributed by atoms with Gasteiger partial charge in [0.25, 0.3) is 5.91 Å². The Morgan fingerprint density at radius 3 is 2.48 bits per heavy atom. The zero-order valence-corrected chi connectivity index (χ0v) is 16.5. The highest BCUT2D eigenvalue weighted by molar-refractivity contribution is 5.96. The first-order valence-electron chi connectivity index (χ1n) is 9.09. The van der Waals surface area contributed by atoms with Crippen LogP contribution >= 0.6 is 0 Å². The molecule has 0 radical (unpaired) electrons. The minimum Gasteiger partial charge on any atom is -0.449 e. The lowest BCUT2D eigenvalue weighted by Gasteiger charge is -2.21. The fourth-order valence-electron chi connectivity index (χ4n) is 3.05. The maximum Gasteiger partial charge on any atom is 0.343 e. The molecule has 7 heteroatoms. The van der Waals surface area contributed by atoms with Gasteiger partial charge in [-0.2, -0.15) is 5.26 Å². The van der Waals surface area contributed by atoms with Gasteiger partial charge in [-0.3, -0.25) is 9.36 Å². The molecule has 0 saturated heterocycles. The number of hydrogen-bond acceptors (Lipinski definition) is 5. The van der Waals surface area contributed by atoms with Gasteiger partial charge in [-0.15, -0.1) is 0 Å². The summed E-state index contributed by atoms with van der Waals surface area (Å²) >= 11 is 0. The Hall–Kier alpha value is -3.79. The van der Waals surface area contributed by atoms with E-state index in [1.165, 1.54) is 11.8 Å². The standard InChI is InChI=1S/C22H21N3O4/c1-15-19(18(13-23)21(28-15)25-11-7-8-12-25)22(27)29-16(2)20(26)24(3)14-17-9-5-4-6-10-17/h4-12,16H,14H2,1-3H3. The monoisotopic (exact) mass is 391 g/mol. The lowest BCUT2D eigenvalue weighted by molar-refractivity contribution is -0.139. The molecule has 2 aromatic heterocycles. The van der Waals surface area contributed by atoms with Crippen molar-refractivity contribution in [1.29, 1.82) is 5.26 Å². The van der Waals surface area contributed by atoms with Crippen LogP contribution in [0.5, 0.6) is 0 Å². The van der Waals surface area contributed by atoms with E-state index in [9.17, 15) is 14.9 Å². The van der Waals surface area contributed by atoms with E-state index in [1.807, 2.05) is 36.4 Å². The molecule has 1 atom stereocenters. The van der Waals surface area contributed by atoms with Crippen LogP contribution in [0.3, 0.4) is 0 Å². The van der Waals surface area contributed by atoms with Gasteiger partial charge in [-0.25, -0.2) is 4.79 Å². The molecule has 3 aromatic rings. The van der Waals surface area contributed by atoms with E-state index in [0.717, 1.165) is 5.56 Å². The molecule has 7 nitrogen and oxygen atoms in total. The molecule has 0 bridgehead atoms. The molecule has 1 aromatic carbocycles. The maximum atomic E-state index is 12.7. The van der Waals surface area contributed by atoms with Crippen LogP contribution in [0.1, 0.15) is 34.2 Å². The van der Waals surface area contributed by atoms with Crippen LogP contribution < -0.4 is 0 Å². The van der Waals surface area contributed by atoms with Crippen molar-refractivity contribution in [1.82, 2.24) is 9.47 Å². The van der Waals surface area contributed by atoms with Gasteiger partial charge in [0.05, 0.1) is 0 Å². The Morgan fingerprint density at radius 1 is 1.21 bits per heavy atom. The molecule has 0 spiro atoms. The summed E-state index contributed by atoms with van der Waals surface area (Å²) in [6.45, 7) is 3.49. The predicted octanol–water partition coefficient (Wildman–Crippen LogP) is 3.45. The number of furan rings is 1. The van der Waals surface area contributed by atoms with Crippen molar-refractivity contribution >= 4 is 11.9 Å². The number of nitriles is 1. The number of aromatic nitrogens is 1. The van der Waals surface area contributed by atoms with Gasteiger partial charge in [0.15, 0.2) is 6.10 Å². The Labute approximate surface area is 168 Å². The van der Waals surface area contributed by atoms with Gasteiger partial charge in [-0.05, 0) is 31.5 Å². The number of amides is 1. The molecule has 0 aliphatic carbocycles. The van der Waals surface area contributed by atoms with E-state index in [2.05, 4.69) is 0 Å².